The van der Waals surface area contributed by atoms with Crippen LogP contribution >= 0.6 is 0 Å². The number of nitro benzene ring substituents is 1. The number of hydrogen-bond acceptors (Lipinski definition) is 5. The van der Waals surface area contributed by atoms with Crippen molar-refractivity contribution >= 4 is 17.5 Å². The van der Waals surface area contributed by atoms with Crippen molar-refractivity contribution < 1.29 is 14.5 Å². The van der Waals surface area contributed by atoms with Gasteiger partial charge in [-0.25, -0.2) is 0 Å². The van der Waals surface area contributed by atoms with Crippen LogP contribution in [0.4, 0.5) is 5.69 Å². The summed E-state index contributed by atoms with van der Waals surface area (Å²) in [7, 11) is 0. The van der Waals surface area contributed by atoms with Crippen LogP contribution in [0.5, 0.6) is 5.75 Å². The van der Waals surface area contributed by atoms with Gasteiger partial charge < -0.3 is 9.64 Å². The van der Waals surface area contributed by atoms with Gasteiger partial charge in [0.15, 0.2) is 5.78 Å². The SMILES string of the molecule is CCN(CC)CCOc1ccc([N+](=O)[O-])cc1C(=O)C=Cc1ccccc1. The second-order valence-electron chi connectivity index (χ2n) is 5.92. The fourth-order valence-corrected chi connectivity index (χ4v) is 2.60. The predicted octanol–water partition coefficient (Wildman–Crippen LogP) is 4.21. The molecule has 0 aliphatic rings. The first-order valence-corrected chi connectivity index (χ1v) is 8.96. The van der Waals surface area contributed by atoms with Gasteiger partial charge in [0.1, 0.15) is 12.4 Å². The van der Waals surface area contributed by atoms with Crippen molar-refractivity contribution in [2.24, 2.45) is 0 Å². The first kappa shape index (κ1) is 20.3. The van der Waals surface area contributed by atoms with Gasteiger partial charge in [-0.2, -0.15) is 0 Å². The summed E-state index contributed by atoms with van der Waals surface area (Å²) in [6.45, 7) is 7.08. The zero-order chi connectivity index (χ0) is 19.6. The number of nitrogens with zero attached hydrogens (tertiary/aromatic N) is 2. The van der Waals surface area contributed by atoms with Gasteiger partial charge >= 0.3 is 0 Å². The van der Waals surface area contributed by atoms with Gasteiger partial charge in [-0.15, -0.1) is 0 Å². The summed E-state index contributed by atoms with van der Waals surface area (Å²) >= 11 is 0. The Kier molecular flexibility index (Phi) is 7.70. The van der Waals surface area contributed by atoms with Crippen LogP contribution in [0.2, 0.25) is 0 Å². The Morgan fingerprint density at radius 2 is 1.85 bits per heavy atom. The first-order chi connectivity index (χ1) is 13.0. The van der Waals surface area contributed by atoms with Crippen LogP contribution in [0, 0.1) is 10.1 Å². The van der Waals surface area contributed by atoms with E-state index >= 15 is 0 Å². The van der Waals surface area contributed by atoms with E-state index in [4.69, 9.17) is 4.74 Å². The van der Waals surface area contributed by atoms with Crippen molar-refractivity contribution in [3.05, 3.63) is 75.8 Å². The lowest BCUT2D eigenvalue weighted by Gasteiger charge is -2.18. The Labute approximate surface area is 159 Å². The number of ether oxygens (including phenoxy) is 1. The van der Waals surface area contributed by atoms with Crippen molar-refractivity contribution in [1.82, 2.24) is 4.90 Å². The summed E-state index contributed by atoms with van der Waals surface area (Å²) in [5.74, 6) is 0.0239. The van der Waals surface area contributed by atoms with Crippen LogP contribution in [0.3, 0.4) is 0 Å². The topological polar surface area (TPSA) is 72.7 Å². The molecule has 0 N–H and O–H groups in total. The van der Waals surface area contributed by atoms with Gasteiger partial charge in [0, 0.05) is 18.7 Å². The largest absolute Gasteiger partial charge is 0.491 e. The van der Waals surface area contributed by atoms with E-state index in [2.05, 4.69) is 18.7 Å². The van der Waals surface area contributed by atoms with E-state index in [1.54, 1.807) is 6.08 Å². The van der Waals surface area contributed by atoms with Crippen LogP contribution in [-0.4, -0.2) is 41.8 Å². The van der Waals surface area contributed by atoms with E-state index in [1.165, 1.54) is 24.3 Å². The van der Waals surface area contributed by atoms with E-state index in [0.29, 0.717) is 12.4 Å². The number of carbonyl (C=O) groups is 1. The molecule has 142 valence electrons. The van der Waals surface area contributed by atoms with Gasteiger partial charge in [-0.1, -0.05) is 50.3 Å². The summed E-state index contributed by atoms with van der Waals surface area (Å²) in [4.78, 5) is 25.4. The molecule has 6 nitrogen and oxygen atoms in total. The normalized spacial score (nSPS) is 11.1. The molecule has 0 saturated heterocycles. The summed E-state index contributed by atoms with van der Waals surface area (Å²) in [5.41, 5.74) is 0.929. The second-order valence-corrected chi connectivity index (χ2v) is 5.92. The molecule has 27 heavy (non-hydrogen) atoms. The lowest BCUT2D eigenvalue weighted by Crippen LogP contribution is -2.28. The molecule has 0 spiro atoms. The first-order valence-electron chi connectivity index (χ1n) is 8.96. The van der Waals surface area contributed by atoms with Crippen LogP contribution in [-0.2, 0) is 0 Å². The lowest BCUT2D eigenvalue weighted by molar-refractivity contribution is -0.384. The smallest absolute Gasteiger partial charge is 0.270 e. The summed E-state index contributed by atoms with van der Waals surface area (Å²) in [5, 5.41) is 11.1. The maximum atomic E-state index is 12.6. The van der Waals surface area contributed by atoms with Crippen molar-refractivity contribution in [1.29, 1.82) is 0 Å². The minimum absolute atomic E-state index is 0.137. The van der Waals surface area contributed by atoms with Crippen LogP contribution in [0.1, 0.15) is 29.8 Å². The molecule has 2 aromatic rings. The third-order valence-corrected chi connectivity index (χ3v) is 4.23. The monoisotopic (exact) mass is 368 g/mol. The molecule has 0 saturated carbocycles. The Morgan fingerprint density at radius 1 is 1.15 bits per heavy atom. The molecule has 2 aromatic carbocycles. The molecule has 0 radical (unpaired) electrons. The van der Waals surface area contributed by atoms with Crippen LogP contribution in [0.25, 0.3) is 6.08 Å². The van der Waals surface area contributed by atoms with E-state index in [9.17, 15) is 14.9 Å². The van der Waals surface area contributed by atoms with E-state index < -0.39 is 4.92 Å². The number of ketones is 1. The standard InChI is InChI=1S/C21H24N2O4/c1-3-22(4-2)14-15-27-21-13-11-18(23(25)26)16-19(21)20(24)12-10-17-8-6-5-7-9-17/h5-13,16H,3-4,14-15H2,1-2H3. The molecular formula is C21H24N2O4. The quantitative estimate of drug-likeness (QED) is 0.272. The average Bonchev–Trinajstić information content (AvgIpc) is 2.70. The number of allylic oxidation sites excluding steroid dienone is 1. The van der Waals surface area contributed by atoms with Crippen molar-refractivity contribution in [2.45, 2.75) is 13.8 Å². The van der Waals surface area contributed by atoms with Gasteiger partial charge in [-0.05, 0) is 30.8 Å². The molecule has 0 bridgehead atoms. The Hall–Kier alpha value is -2.99. The highest BCUT2D eigenvalue weighted by Crippen LogP contribution is 2.25. The van der Waals surface area contributed by atoms with Gasteiger partial charge in [0.25, 0.3) is 5.69 Å². The molecule has 0 heterocycles. The maximum absolute atomic E-state index is 12.6. The molecule has 0 fully saturated rings. The summed E-state index contributed by atoms with van der Waals surface area (Å²) in [6, 6.07) is 13.5. The van der Waals surface area contributed by atoms with Crippen molar-refractivity contribution in [3.63, 3.8) is 0 Å². The zero-order valence-electron chi connectivity index (χ0n) is 15.6. The minimum atomic E-state index is -0.516. The molecule has 6 heteroatoms. The van der Waals surface area contributed by atoms with Gasteiger partial charge in [0.2, 0.25) is 0 Å². The number of hydrogen-bond donors (Lipinski definition) is 0. The Morgan fingerprint density at radius 3 is 2.48 bits per heavy atom. The molecule has 0 aliphatic heterocycles. The van der Waals surface area contributed by atoms with E-state index in [-0.39, 0.29) is 17.0 Å². The Balaban J connectivity index is 2.20. The fraction of sp³-hybridized carbons (Fsp3) is 0.286. The highest BCUT2D eigenvalue weighted by Gasteiger charge is 2.16. The Bertz CT molecular complexity index is 799. The minimum Gasteiger partial charge on any atom is -0.491 e. The predicted molar refractivity (Wildman–Crippen MR) is 106 cm³/mol. The van der Waals surface area contributed by atoms with E-state index in [1.807, 2.05) is 30.3 Å². The lowest BCUT2D eigenvalue weighted by atomic mass is 10.1. The number of non-ortho nitro benzene ring substituents is 1. The van der Waals surface area contributed by atoms with E-state index in [0.717, 1.165) is 25.2 Å². The molecule has 0 aromatic heterocycles. The van der Waals surface area contributed by atoms with Crippen molar-refractivity contribution in [3.8, 4) is 5.75 Å². The molecular weight excluding hydrogens is 344 g/mol. The van der Waals surface area contributed by atoms with Crippen molar-refractivity contribution in [2.75, 3.05) is 26.2 Å². The zero-order valence-corrected chi connectivity index (χ0v) is 15.6. The highest BCUT2D eigenvalue weighted by atomic mass is 16.6. The maximum Gasteiger partial charge on any atom is 0.270 e. The van der Waals surface area contributed by atoms with Gasteiger partial charge in [-0.3, -0.25) is 14.9 Å². The molecule has 0 aliphatic carbocycles. The van der Waals surface area contributed by atoms with Crippen LogP contribution < -0.4 is 4.74 Å². The number of carbonyl (C=O) groups excluding carboxylic acids is 1. The number of likely N-dealkylation sites (N-methyl/N-ethyl adjacent to an activating group) is 1. The summed E-state index contributed by atoms with van der Waals surface area (Å²) < 4.78 is 5.76. The number of rotatable bonds is 10. The number of nitro groups is 1. The number of benzene rings is 2. The fourth-order valence-electron chi connectivity index (χ4n) is 2.60. The third kappa shape index (κ3) is 6.04. The molecule has 0 unspecified atom stereocenters. The molecule has 0 amide bonds. The average molecular weight is 368 g/mol. The second kappa shape index (κ2) is 10.2. The molecule has 2 rings (SSSR count). The van der Waals surface area contributed by atoms with Gasteiger partial charge in [0.05, 0.1) is 10.5 Å². The third-order valence-electron chi connectivity index (χ3n) is 4.23. The van der Waals surface area contributed by atoms with Crippen LogP contribution in [0.15, 0.2) is 54.6 Å². The summed E-state index contributed by atoms with van der Waals surface area (Å²) in [6.07, 6.45) is 3.09. The highest BCUT2D eigenvalue weighted by molar-refractivity contribution is 6.09. The molecule has 0 atom stereocenters.